The largest absolute Gasteiger partial charge is 0.496 e. The summed E-state index contributed by atoms with van der Waals surface area (Å²) in [4.78, 5) is 11.0. The zero-order chi connectivity index (χ0) is 15.0. The van der Waals surface area contributed by atoms with Crippen LogP contribution in [-0.2, 0) is 7.05 Å². The minimum absolute atomic E-state index is 0.151. The maximum Gasteiger partial charge on any atom is 0.356 e. The quantitative estimate of drug-likeness (QED) is 0.931. The highest BCUT2D eigenvalue weighted by Crippen LogP contribution is 2.39. The fourth-order valence-electron chi connectivity index (χ4n) is 2.03. The van der Waals surface area contributed by atoms with Gasteiger partial charge in [0.15, 0.2) is 11.5 Å². The van der Waals surface area contributed by atoms with Crippen LogP contribution in [-0.4, -0.2) is 28.0 Å². The Hall–Kier alpha value is -1.89. The molecule has 0 unspecified atom stereocenters. The molecule has 2 aromatic rings. The highest BCUT2D eigenvalue weighted by molar-refractivity contribution is 9.10. The Kier molecular flexibility index (Phi) is 3.80. The van der Waals surface area contributed by atoms with Gasteiger partial charge in [-0.2, -0.15) is 5.10 Å². The lowest BCUT2D eigenvalue weighted by Crippen LogP contribution is -2.01. The number of aromatic nitrogens is 2. The first kappa shape index (κ1) is 14.5. The summed E-state index contributed by atoms with van der Waals surface area (Å²) in [7, 11) is 2.99. The number of carboxylic acids is 1. The van der Waals surface area contributed by atoms with E-state index in [0.29, 0.717) is 11.4 Å². The molecule has 5 nitrogen and oxygen atoms in total. The topological polar surface area (TPSA) is 64.3 Å². The van der Waals surface area contributed by atoms with Crippen molar-refractivity contribution >= 4 is 21.9 Å². The number of halogens is 2. The number of methoxy groups -OCH3 is 1. The number of rotatable bonds is 3. The number of carboxylic acid groups (broad SMARTS) is 1. The number of nitrogens with zero attached hydrogens (tertiary/aromatic N) is 2. The summed E-state index contributed by atoms with van der Waals surface area (Å²) >= 11 is 3.14. The number of carbonyl (C=O) groups is 1. The van der Waals surface area contributed by atoms with Gasteiger partial charge in [-0.05, 0) is 40.5 Å². The smallest absolute Gasteiger partial charge is 0.356 e. The molecule has 1 aromatic heterocycles. The van der Waals surface area contributed by atoms with Gasteiger partial charge in [0.05, 0.1) is 22.8 Å². The molecular formula is C13H12BrFN2O3. The molecule has 0 saturated heterocycles. The first-order valence-corrected chi connectivity index (χ1v) is 6.46. The average Bonchev–Trinajstić information content (AvgIpc) is 2.75. The molecule has 0 spiro atoms. The summed E-state index contributed by atoms with van der Waals surface area (Å²) in [6.45, 7) is 1.78. The van der Waals surface area contributed by atoms with Crippen LogP contribution in [0.4, 0.5) is 4.39 Å². The lowest BCUT2D eigenvalue weighted by atomic mass is 10.1. The predicted octanol–water partition coefficient (Wildman–Crippen LogP) is 3.00. The maximum absolute atomic E-state index is 14.4. The van der Waals surface area contributed by atoms with Gasteiger partial charge in [-0.3, -0.25) is 4.68 Å². The van der Waals surface area contributed by atoms with Gasteiger partial charge in [-0.25, -0.2) is 9.18 Å². The summed E-state index contributed by atoms with van der Waals surface area (Å²) in [5.74, 6) is -1.34. The van der Waals surface area contributed by atoms with Gasteiger partial charge < -0.3 is 9.84 Å². The zero-order valence-corrected chi connectivity index (χ0v) is 12.7. The van der Waals surface area contributed by atoms with Gasteiger partial charge >= 0.3 is 5.97 Å². The SMILES string of the molecule is COc1c(C)cc(Br)c(F)c1-c1cc(C(=O)O)nn1C. The van der Waals surface area contributed by atoms with Crippen LogP contribution in [0, 0.1) is 12.7 Å². The van der Waals surface area contributed by atoms with Crippen LogP contribution in [0.2, 0.25) is 0 Å². The number of ether oxygens (including phenoxy) is 1. The van der Waals surface area contributed by atoms with Crippen LogP contribution in [0.25, 0.3) is 11.3 Å². The molecule has 7 heteroatoms. The predicted molar refractivity (Wildman–Crippen MR) is 74.6 cm³/mol. The van der Waals surface area contributed by atoms with Crippen molar-refractivity contribution in [3.63, 3.8) is 0 Å². The van der Waals surface area contributed by atoms with Crippen molar-refractivity contribution in [2.24, 2.45) is 7.05 Å². The molecular weight excluding hydrogens is 331 g/mol. The molecule has 0 aliphatic heterocycles. The fourth-order valence-corrected chi connectivity index (χ4v) is 2.57. The summed E-state index contributed by atoms with van der Waals surface area (Å²) < 4.78 is 21.2. The second kappa shape index (κ2) is 5.24. The molecule has 0 aliphatic rings. The standard InChI is InChI=1S/C13H12BrFN2O3/c1-6-4-7(14)11(15)10(12(6)20-3)9-5-8(13(18)19)16-17(9)2/h4-5H,1-3H3,(H,18,19). The Bertz CT molecular complexity index is 697. The van der Waals surface area contributed by atoms with Crippen molar-refractivity contribution in [3.8, 4) is 17.0 Å². The van der Waals surface area contributed by atoms with Gasteiger partial charge in [0.25, 0.3) is 0 Å². The highest BCUT2D eigenvalue weighted by Gasteiger charge is 2.22. The Morgan fingerprint density at radius 1 is 1.50 bits per heavy atom. The minimum atomic E-state index is -1.17. The van der Waals surface area contributed by atoms with E-state index in [0.717, 1.165) is 5.56 Å². The molecule has 106 valence electrons. The summed E-state index contributed by atoms with van der Waals surface area (Å²) in [6, 6.07) is 2.92. The van der Waals surface area contributed by atoms with Gasteiger partial charge in [0.1, 0.15) is 5.75 Å². The molecule has 2 rings (SSSR count). The van der Waals surface area contributed by atoms with E-state index in [1.54, 1.807) is 20.0 Å². The van der Waals surface area contributed by atoms with Gasteiger partial charge in [-0.1, -0.05) is 0 Å². The molecule has 0 bridgehead atoms. The van der Waals surface area contributed by atoms with Crippen LogP contribution >= 0.6 is 15.9 Å². The van der Waals surface area contributed by atoms with Crippen molar-refractivity contribution in [2.45, 2.75) is 6.92 Å². The lowest BCUT2D eigenvalue weighted by molar-refractivity contribution is 0.0689. The van der Waals surface area contributed by atoms with Crippen molar-refractivity contribution in [2.75, 3.05) is 7.11 Å². The number of hydrogen-bond acceptors (Lipinski definition) is 3. The normalized spacial score (nSPS) is 10.7. The second-order valence-electron chi connectivity index (χ2n) is 4.24. The average molecular weight is 343 g/mol. The fraction of sp³-hybridized carbons (Fsp3) is 0.231. The van der Waals surface area contributed by atoms with E-state index in [1.165, 1.54) is 17.9 Å². The van der Waals surface area contributed by atoms with Crippen molar-refractivity contribution in [1.29, 1.82) is 0 Å². The molecule has 1 aromatic carbocycles. The molecule has 0 atom stereocenters. The third-order valence-electron chi connectivity index (χ3n) is 2.92. The first-order chi connectivity index (χ1) is 9.36. The van der Waals surface area contributed by atoms with Crippen molar-refractivity contribution in [3.05, 3.63) is 33.7 Å². The molecule has 0 amide bonds. The van der Waals surface area contributed by atoms with Crippen molar-refractivity contribution < 1.29 is 19.0 Å². The van der Waals surface area contributed by atoms with Crippen LogP contribution in [0.15, 0.2) is 16.6 Å². The van der Waals surface area contributed by atoms with E-state index in [9.17, 15) is 9.18 Å². The summed E-state index contributed by atoms with van der Waals surface area (Å²) in [5.41, 5.74) is 1.10. The van der Waals surface area contributed by atoms with Crippen LogP contribution in [0.5, 0.6) is 5.75 Å². The first-order valence-electron chi connectivity index (χ1n) is 5.67. The van der Waals surface area contributed by atoms with E-state index in [4.69, 9.17) is 9.84 Å². The molecule has 1 N–H and O–H groups in total. The van der Waals surface area contributed by atoms with E-state index in [1.807, 2.05) is 0 Å². The van der Waals surface area contributed by atoms with Crippen LogP contribution < -0.4 is 4.74 Å². The minimum Gasteiger partial charge on any atom is -0.496 e. The summed E-state index contributed by atoms with van der Waals surface area (Å²) in [6.07, 6.45) is 0. The Balaban J connectivity index is 2.78. The number of aromatic carboxylic acids is 1. The molecule has 0 saturated carbocycles. The van der Waals surface area contributed by atoms with Gasteiger partial charge in [0, 0.05) is 7.05 Å². The van der Waals surface area contributed by atoms with Crippen molar-refractivity contribution in [1.82, 2.24) is 9.78 Å². The second-order valence-corrected chi connectivity index (χ2v) is 5.10. The molecule has 0 fully saturated rings. The third-order valence-corrected chi connectivity index (χ3v) is 3.49. The monoisotopic (exact) mass is 342 g/mol. The van der Waals surface area contributed by atoms with Crippen LogP contribution in [0.1, 0.15) is 16.1 Å². The number of aryl methyl sites for hydroxylation is 2. The number of hydrogen-bond donors (Lipinski definition) is 1. The Morgan fingerprint density at radius 3 is 2.65 bits per heavy atom. The molecule has 1 heterocycles. The highest BCUT2D eigenvalue weighted by atomic mass is 79.9. The van der Waals surface area contributed by atoms with Gasteiger partial charge in [-0.15, -0.1) is 0 Å². The van der Waals surface area contributed by atoms with Crippen LogP contribution in [0.3, 0.4) is 0 Å². The van der Waals surface area contributed by atoms with Gasteiger partial charge in [0.2, 0.25) is 0 Å². The van der Waals surface area contributed by atoms with E-state index in [2.05, 4.69) is 21.0 Å². The lowest BCUT2D eigenvalue weighted by Gasteiger charge is -2.13. The van der Waals surface area contributed by atoms with E-state index in [-0.39, 0.29) is 15.7 Å². The molecule has 0 aliphatic carbocycles. The zero-order valence-electron chi connectivity index (χ0n) is 11.1. The number of benzene rings is 1. The van der Waals surface area contributed by atoms with E-state index >= 15 is 0 Å². The maximum atomic E-state index is 14.4. The third kappa shape index (κ3) is 2.29. The van der Waals surface area contributed by atoms with E-state index < -0.39 is 11.8 Å². The summed E-state index contributed by atoms with van der Waals surface area (Å²) in [5, 5.41) is 12.8. The Morgan fingerprint density at radius 2 is 2.15 bits per heavy atom. The molecule has 0 radical (unpaired) electrons. The Labute approximate surface area is 123 Å². The molecule has 20 heavy (non-hydrogen) atoms.